The number of hydrogen-bond acceptors (Lipinski definition) is 2. The molecule has 0 aromatic heterocycles. The molecule has 0 unspecified atom stereocenters. The van der Waals surface area contributed by atoms with Crippen LogP contribution in [0.5, 0.6) is 0 Å². The van der Waals surface area contributed by atoms with E-state index in [-0.39, 0.29) is 6.33 Å². The molecule has 0 saturated heterocycles. The van der Waals surface area contributed by atoms with Gasteiger partial charge >= 0.3 is 5.97 Å². The van der Waals surface area contributed by atoms with Gasteiger partial charge in [-0.2, -0.15) is 0 Å². The molecule has 0 heterocycles. The fourth-order valence-corrected chi connectivity index (χ4v) is 1.13. The maximum Gasteiger partial charge on any atom is 0.303 e. The highest BCUT2D eigenvalue weighted by molar-refractivity contribution is 5.66. The third-order valence-electron chi connectivity index (χ3n) is 1.74. The Morgan fingerprint density at radius 1 is 1.40 bits per heavy atom. The van der Waals surface area contributed by atoms with Crippen molar-refractivity contribution in [3.8, 4) is 0 Å². The van der Waals surface area contributed by atoms with Gasteiger partial charge in [-0.05, 0) is 5.56 Å². The van der Waals surface area contributed by atoms with E-state index in [1.807, 2.05) is 0 Å². The zero-order valence-electron chi connectivity index (χ0n) is 8.11. The lowest BCUT2D eigenvalue weighted by Gasteiger charge is -2.14. The largest absolute Gasteiger partial charge is 0.450 e. The highest BCUT2D eigenvalue weighted by Gasteiger charge is 2.19. The van der Waals surface area contributed by atoms with Crippen molar-refractivity contribution in [1.29, 1.82) is 0 Å². The average molecular weight is 212 g/mol. The van der Waals surface area contributed by atoms with Gasteiger partial charge in [-0.1, -0.05) is 30.3 Å². The van der Waals surface area contributed by atoms with Crippen LogP contribution in [0.3, 0.4) is 0 Å². The van der Waals surface area contributed by atoms with Crippen LogP contribution in [-0.2, 0) is 9.53 Å². The summed E-state index contributed by atoms with van der Waals surface area (Å²) < 4.78 is 29.8. The minimum Gasteiger partial charge on any atom is -0.450 e. The van der Waals surface area contributed by atoms with Gasteiger partial charge < -0.3 is 4.74 Å². The Morgan fingerprint density at radius 2 is 2.00 bits per heavy atom. The smallest absolute Gasteiger partial charge is 0.303 e. The predicted molar refractivity (Wildman–Crippen MR) is 51.2 cm³/mol. The van der Waals surface area contributed by atoms with E-state index < -0.39 is 17.9 Å². The molecule has 0 fully saturated rings. The SMILES string of the molecule is CC(=O)O[C@H](/C(F)=C/F)c1ccccc1. The van der Waals surface area contributed by atoms with Crippen LogP contribution >= 0.6 is 0 Å². The first-order chi connectivity index (χ1) is 7.15. The average Bonchev–Trinajstić information content (AvgIpc) is 2.26. The molecule has 0 amide bonds. The van der Waals surface area contributed by atoms with E-state index in [9.17, 15) is 13.6 Å². The van der Waals surface area contributed by atoms with E-state index >= 15 is 0 Å². The highest BCUT2D eigenvalue weighted by Crippen LogP contribution is 2.26. The first kappa shape index (κ1) is 11.4. The summed E-state index contributed by atoms with van der Waals surface area (Å²) in [5.41, 5.74) is 0.388. The Kier molecular flexibility index (Phi) is 3.97. The number of hydrogen-bond donors (Lipinski definition) is 0. The lowest BCUT2D eigenvalue weighted by atomic mass is 10.1. The lowest BCUT2D eigenvalue weighted by molar-refractivity contribution is -0.145. The van der Waals surface area contributed by atoms with Gasteiger partial charge in [0.25, 0.3) is 0 Å². The molecule has 1 aromatic rings. The summed E-state index contributed by atoms with van der Waals surface area (Å²) in [6, 6.07) is 8.13. The second kappa shape index (κ2) is 5.24. The topological polar surface area (TPSA) is 26.3 Å². The summed E-state index contributed by atoms with van der Waals surface area (Å²) in [6.07, 6.45) is -1.51. The van der Waals surface area contributed by atoms with E-state index in [2.05, 4.69) is 4.74 Å². The van der Waals surface area contributed by atoms with Crippen molar-refractivity contribution in [3.05, 3.63) is 48.1 Å². The van der Waals surface area contributed by atoms with Gasteiger partial charge in [-0.3, -0.25) is 4.79 Å². The molecule has 15 heavy (non-hydrogen) atoms. The van der Waals surface area contributed by atoms with Crippen LogP contribution in [0.1, 0.15) is 18.6 Å². The molecule has 0 saturated carbocycles. The summed E-state index contributed by atoms with van der Waals surface area (Å²) in [5, 5.41) is 0. The van der Waals surface area contributed by atoms with Gasteiger partial charge in [0.15, 0.2) is 11.9 Å². The molecule has 1 atom stereocenters. The number of halogens is 2. The zero-order chi connectivity index (χ0) is 11.3. The van der Waals surface area contributed by atoms with E-state index in [1.165, 1.54) is 0 Å². The molecule has 0 N–H and O–H groups in total. The molecule has 2 nitrogen and oxygen atoms in total. The molecular weight excluding hydrogens is 202 g/mol. The molecule has 1 rings (SSSR count). The molecule has 0 spiro atoms. The first-order valence-electron chi connectivity index (χ1n) is 4.33. The minimum atomic E-state index is -1.30. The van der Waals surface area contributed by atoms with Crippen molar-refractivity contribution in [2.24, 2.45) is 0 Å². The normalized spacial score (nSPS) is 13.4. The molecule has 0 aliphatic rings. The van der Waals surface area contributed by atoms with Crippen molar-refractivity contribution < 1.29 is 18.3 Å². The number of benzene rings is 1. The minimum absolute atomic E-state index is 0.208. The second-order valence-corrected chi connectivity index (χ2v) is 2.89. The summed E-state index contributed by atoms with van der Waals surface area (Å²) in [7, 11) is 0. The maximum absolute atomic E-state index is 13.1. The second-order valence-electron chi connectivity index (χ2n) is 2.89. The van der Waals surface area contributed by atoms with Crippen molar-refractivity contribution >= 4 is 5.97 Å². The molecule has 4 heteroatoms. The van der Waals surface area contributed by atoms with Gasteiger partial charge in [-0.15, -0.1) is 0 Å². The third kappa shape index (κ3) is 3.16. The number of carbonyl (C=O) groups is 1. The van der Waals surface area contributed by atoms with Gasteiger partial charge in [0, 0.05) is 6.92 Å². The van der Waals surface area contributed by atoms with Crippen LogP contribution in [0, 0.1) is 0 Å². The van der Waals surface area contributed by atoms with E-state index in [0.717, 1.165) is 6.92 Å². The Balaban J connectivity index is 2.96. The van der Waals surface area contributed by atoms with Crippen LogP contribution in [0.25, 0.3) is 0 Å². The summed E-state index contributed by atoms with van der Waals surface area (Å²) in [5.74, 6) is -1.79. The molecule has 1 aromatic carbocycles. The van der Waals surface area contributed by atoms with Crippen LogP contribution in [-0.4, -0.2) is 5.97 Å². The molecule has 0 aliphatic carbocycles. The zero-order valence-corrected chi connectivity index (χ0v) is 8.11. The molecular formula is C11H10F2O2. The Labute approximate surface area is 86.2 Å². The number of rotatable bonds is 3. The van der Waals surface area contributed by atoms with Crippen LogP contribution in [0.4, 0.5) is 8.78 Å². The van der Waals surface area contributed by atoms with Crippen LogP contribution < -0.4 is 0 Å². The van der Waals surface area contributed by atoms with Crippen LogP contribution in [0.15, 0.2) is 42.5 Å². The van der Waals surface area contributed by atoms with Gasteiger partial charge in [0.1, 0.15) is 6.33 Å². The third-order valence-corrected chi connectivity index (χ3v) is 1.74. The van der Waals surface area contributed by atoms with Crippen molar-refractivity contribution in [2.45, 2.75) is 13.0 Å². The molecule has 80 valence electrons. The molecule has 0 radical (unpaired) electrons. The lowest BCUT2D eigenvalue weighted by Crippen LogP contribution is -2.08. The summed E-state index contributed by atoms with van der Waals surface area (Å²) in [6.45, 7) is 1.14. The fraction of sp³-hybridized carbons (Fsp3) is 0.182. The number of ether oxygens (including phenoxy) is 1. The van der Waals surface area contributed by atoms with Crippen LogP contribution in [0.2, 0.25) is 0 Å². The van der Waals surface area contributed by atoms with Crippen molar-refractivity contribution in [1.82, 2.24) is 0 Å². The number of carbonyl (C=O) groups excluding carboxylic acids is 1. The van der Waals surface area contributed by atoms with E-state index in [1.54, 1.807) is 30.3 Å². The molecule has 0 aliphatic heterocycles. The predicted octanol–water partition coefficient (Wildman–Crippen LogP) is 3.07. The van der Waals surface area contributed by atoms with Crippen molar-refractivity contribution in [3.63, 3.8) is 0 Å². The summed E-state index contributed by atoms with van der Waals surface area (Å²) >= 11 is 0. The fourth-order valence-electron chi connectivity index (χ4n) is 1.13. The quantitative estimate of drug-likeness (QED) is 0.720. The Bertz CT molecular complexity index is 360. The maximum atomic E-state index is 13.1. The van der Waals surface area contributed by atoms with E-state index in [4.69, 9.17) is 0 Å². The van der Waals surface area contributed by atoms with Gasteiger partial charge in [-0.25, -0.2) is 8.78 Å². The number of esters is 1. The standard InChI is InChI=1S/C11H10F2O2/c1-8(14)15-11(10(13)7-12)9-5-3-2-4-6-9/h2-7,11H,1H3/b10-7-/t11-/m0/s1. The van der Waals surface area contributed by atoms with Gasteiger partial charge in [0.05, 0.1) is 0 Å². The Hall–Kier alpha value is -1.71. The summed E-state index contributed by atoms with van der Waals surface area (Å²) in [4.78, 5) is 10.7. The monoisotopic (exact) mass is 212 g/mol. The Morgan fingerprint density at radius 3 is 2.47 bits per heavy atom. The van der Waals surface area contributed by atoms with Gasteiger partial charge in [0.2, 0.25) is 0 Å². The van der Waals surface area contributed by atoms with Crippen molar-refractivity contribution in [2.75, 3.05) is 0 Å². The first-order valence-corrected chi connectivity index (χ1v) is 4.33. The van der Waals surface area contributed by atoms with E-state index in [0.29, 0.717) is 5.56 Å². The highest BCUT2D eigenvalue weighted by atomic mass is 19.2. The molecule has 0 bridgehead atoms.